The van der Waals surface area contributed by atoms with Crippen molar-refractivity contribution in [3.8, 4) is 5.75 Å². The van der Waals surface area contributed by atoms with Crippen LogP contribution in [0.2, 0.25) is 0 Å². The van der Waals surface area contributed by atoms with Gasteiger partial charge < -0.3 is 30.8 Å². The highest BCUT2D eigenvalue weighted by atomic mass is 19.1. The van der Waals surface area contributed by atoms with Gasteiger partial charge in [0.25, 0.3) is 0 Å². The molecule has 0 amide bonds. The zero-order valence-corrected chi connectivity index (χ0v) is 19.2. The SMILES string of the molecule is Cc1cc(NCCNc2c(F)c(N)c3c(=O)c(C(=O)O)cn4c3c2OC[C@@H]4C)c2ccccc2n1. The molecule has 180 valence electrons. The number of fused-ring (bicyclic) bond motifs is 1. The van der Waals surface area contributed by atoms with Gasteiger partial charge in [-0.05, 0) is 26.0 Å². The molecule has 0 radical (unpaired) electrons. The van der Waals surface area contributed by atoms with Crippen molar-refractivity contribution in [3.05, 3.63) is 63.8 Å². The Balaban J connectivity index is 1.49. The number of carboxylic acids is 1. The molecule has 2 aromatic carbocycles. The Hall–Kier alpha value is -4.34. The van der Waals surface area contributed by atoms with Crippen molar-refractivity contribution in [2.45, 2.75) is 19.9 Å². The second-order valence-corrected chi connectivity index (χ2v) is 8.58. The summed E-state index contributed by atoms with van der Waals surface area (Å²) in [6.07, 6.45) is 1.27. The second kappa shape index (κ2) is 8.46. The molecule has 0 aliphatic carbocycles. The van der Waals surface area contributed by atoms with E-state index in [9.17, 15) is 14.7 Å². The average molecular weight is 477 g/mol. The summed E-state index contributed by atoms with van der Waals surface area (Å²) < 4.78 is 22.8. The number of carbonyl (C=O) groups is 1. The molecule has 10 heteroatoms. The number of hydrogen-bond acceptors (Lipinski definition) is 7. The van der Waals surface area contributed by atoms with Crippen molar-refractivity contribution in [3.63, 3.8) is 0 Å². The number of pyridine rings is 2. The summed E-state index contributed by atoms with van der Waals surface area (Å²) in [6.45, 7) is 4.69. The molecule has 0 spiro atoms. The highest BCUT2D eigenvalue weighted by Gasteiger charge is 2.30. The van der Waals surface area contributed by atoms with Crippen LogP contribution in [0.25, 0.3) is 21.8 Å². The van der Waals surface area contributed by atoms with E-state index in [1.807, 2.05) is 44.2 Å². The predicted octanol–water partition coefficient (Wildman–Crippen LogP) is 3.76. The van der Waals surface area contributed by atoms with Gasteiger partial charge >= 0.3 is 5.97 Å². The Bertz CT molecular complexity index is 1570. The Morgan fingerprint density at radius 1 is 1.31 bits per heavy atom. The number of nitrogens with two attached hydrogens (primary N) is 1. The monoisotopic (exact) mass is 477 g/mol. The van der Waals surface area contributed by atoms with Gasteiger partial charge in [-0.3, -0.25) is 9.78 Å². The Kier molecular flexibility index (Phi) is 5.43. The Labute approximate surface area is 199 Å². The van der Waals surface area contributed by atoms with Crippen molar-refractivity contribution in [2.24, 2.45) is 0 Å². The lowest BCUT2D eigenvalue weighted by Crippen LogP contribution is -2.28. The van der Waals surface area contributed by atoms with Gasteiger partial charge in [0.2, 0.25) is 5.43 Å². The zero-order chi connectivity index (χ0) is 24.9. The lowest BCUT2D eigenvalue weighted by atomic mass is 10.0. The predicted molar refractivity (Wildman–Crippen MR) is 133 cm³/mol. The van der Waals surface area contributed by atoms with E-state index in [1.54, 1.807) is 4.57 Å². The third-order valence-corrected chi connectivity index (χ3v) is 6.16. The Morgan fingerprint density at radius 3 is 2.83 bits per heavy atom. The van der Waals surface area contributed by atoms with Crippen LogP contribution in [0.4, 0.5) is 21.5 Å². The fourth-order valence-electron chi connectivity index (χ4n) is 4.50. The molecule has 2 aromatic heterocycles. The van der Waals surface area contributed by atoms with Crippen molar-refractivity contribution in [2.75, 3.05) is 36.1 Å². The fraction of sp³-hybridized carbons (Fsp3) is 0.240. The normalized spacial score (nSPS) is 14.7. The zero-order valence-electron chi connectivity index (χ0n) is 19.2. The van der Waals surface area contributed by atoms with Crippen LogP contribution in [-0.2, 0) is 0 Å². The minimum absolute atomic E-state index is 0.0377. The molecule has 1 atom stereocenters. The summed E-state index contributed by atoms with van der Waals surface area (Å²) in [5.74, 6) is -2.10. The van der Waals surface area contributed by atoms with Gasteiger partial charge in [-0.2, -0.15) is 0 Å². The van der Waals surface area contributed by atoms with Crippen molar-refractivity contribution in [1.29, 1.82) is 0 Å². The number of aryl methyl sites for hydroxylation is 1. The maximum absolute atomic E-state index is 15.4. The molecule has 9 nitrogen and oxygen atoms in total. The molecule has 1 aliphatic heterocycles. The molecule has 0 bridgehead atoms. The summed E-state index contributed by atoms with van der Waals surface area (Å²) in [6, 6.07) is 9.46. The van der Waals surface area contributed by atoms with Crippen molar-refractivity contribution >= 4 is 44.8 Å². The van der Waals surface area contributed by atoms with Crippen molar-refractivity contribution < 1.29 is 19.0 Å². The first-order chi connectivity index (χ1) is 16.8. The number of para-hydroxylation sites is 1. The van der Waals surface area contributed by atoms with Crippen molar-refractivity contribution in [1.82, 2.24) is 9.55 Å². The highest BCUT2D eigenvalue weighted by molar-refractivity contribution is 6.03. The molecule has 0 saturated heterocycles. The number of nitrogens with one attached hydrogen (secondary N) is 2. The van der Waals surface area contributed by atoms with E-state index in [-0.39, 0.29) is 35.0 Å². The second-order valence-electron chi connectivity index (χ2n) is 8.58. The number of anilines is 3. The topological polar surface area (TPSA) is 132 Å². The summed E-state index contributed by atoms with van der Waals surface area (Å²) >= 11 is 0. The summed E-state index contributed by atoms with van der Waals surface area (Å²) in [5.41, 5.74) is 7.29. The van der Waals surface area contributed by atoms with E-state index in [0.29, 0.717) is 13.1 Å². The number of nitrogen functional groups attached to an aromatic ring is 1. The van der Waals surface area contributed by atoms with Gasteiger partial charge in [0, 0.05) is 36.1 Å². The van der Waals surface area contributed by atoms with Gasteiger partial charge in [-0.1, -0.05) is 18.2 Å². The van der Waals surface area contributed by atoms with E-state index >= 15 is 4.39 Å². The third kappa shape index (κ3) is 3.67. The van der Waals surface area contributed by atoms with Gasteiger partial charge in [-0.15, -0.1) is 0 Å². The standard InChI is InChI=1S/C25H24FN5O4/c1-12-9-17(14-5-3-4-6-16(14)30-12)28-7-8-29-21-19(26)20(27)18-22-24(21)35-11-13(2)31(22)10-15(23(18)32)25(33)34/h3-6,9-10,13,29H,7-8,11,27H2,1-2H3,(H,28,30)(H,33,34)/t13-/m0/s1. The third-order valence-electron chi connectivity index (χ3n) is 6.16. The number of aromatic nitrogens is 2. The summed E-state index contributed by atoms with van der Waals surface area (Å²) in [7, 11) is 0. The molecule has 3 heterocycles. The molecule has 0 unspecified atom stereocenters. The number of aromatic carboxylic acids is 1. The number of rotatable bonds is 6. The van der Waals surface area contributed by atoms with Crippen LogP contribution in [0.1, 0.15) is 29.0 Å². The first kappa shape index (κ1) is 22.5. The highest BCUT2D eigenvalue weighted by Crippen LogP contribution is 2.43. The van der Waals surface area contributed by atoms with E-state index in [2.05, 4.69) is 15.6 Å². The fourth-order valence-corrected chi connectivity index (χ4v) is 4.50. The molecule has 1 aliphatic rings. The Morgan fingerprint density at radius 2 is 2.06 bits per heavy atom. The molecule has 35 heavy (non-hydrogen) atoms. The lowest BCUT2D eigenvalue weighted by molar-refractivity contribution is 0.0694. The number of halogens is 1. The lowest BCUT2D eigenvalue weighted by Gasteiger charge is -2.29. The van der Waals surface area contributed by atoms with E-state index in [1.165, 1.54) is 6.20 Å². The molecule has 4 aromatic rings. The average Bonchev–Trinajstić information content (AvgIpc) is 2.83. The first-order valence-electron chi connectivity index (χ1n) is 11.2. The van der Waals surface area contributed by atoms with Crippen LogP contribution in [-0.4, -0.2) is 40.3 Å². The molecule has 5 N–H and O–H groups in total. The minimum Gasteiger partial charge on any atom is -0.487 e. The summed E-state index contributed by atoms with van der Waals surface area (Å²) in [5, 5.41) is 16.6. The number of carboxylic acid groups (broad SMARTS) is 1. The molecule has 0 fully saturated rings. The van der Waals surface area contributed by atoms with Gasteiger partial charge in [0.1, 0.15) is 17.9 Å². The largest absolute Gasteiger partial charge is 0.487 e. The van der Waals surface area contributed by atoms with Crippen LogP contribution in [0.5, 0.6) is 5.75 Å². The molecular formula is C25H24FN5O4. The maximum atomic E-state index is 15.4. The minimum atomic E-state index is -1.40. The first-order valence-corrected chi connectivity index (χ1v) is 11.2. The van der Waals surface area contributed by atoms with Gasteiger partial charge in [0.05, 0.1) is 28.1 Å². The number of nitrogens with zero attached hydrogens (tertiary/aromatic N) is 2. The van der Waals surface area contributed by atoms with Crippen LogP contribution >= 0.6 is 0 Å². The van der Waals surface area contributed by atoms with Crippen LogP contribution in [0.3, 0.4) is 0 Å². The smallest absolute Gasteiger partial charge is 0.341 e. The molecule has 0 saturated carbocycles. The summed E-state index contributed by atoms with van der Waals surface area (Å²) in [4.78, 5) is 29.0. The maximum Gasteiger partial charge on any atom is 0.341 e. The molecule has 5 rings (SSSR count). The van der Waals surface area contributed by atoms with Crippen LogP contribution < -0.4 is 26.5 Å². The number of benzene rings is 2. The van der Waals surface area contributed by atoms with E-state index in [0.717, 1.165) is 22.3 Å². The van der Waals surface area contributed by atoms with Gasteiger partial charge in [0.15, 0.2) is 11.6 Å². The molecular weight excluding hydrogens is 453 g/mol. The van der Waals surface area contributed by atoms with Crippen LogP contribution in [0.15, 0.2) is 41.3 Å². The number of hydrogen-bond donors (Lipinski definition) is 4. The number of ether oxygens (including phenoxy) is 1. The van der Waals surface area contributed by atoms with Crippen LogP contribution in [0, 0.1) is 12.7 Å². The quantitative estimate of drug-likeness (QED) is 0.244. The van der Waals surface area contributed by atoms with E-state index < -0.39 is 28.5 Å². The van der Waals surface area contributed by atoms with Gasteiger partial charge in [-0.25, -0.2) is 9.18 Å². The van der Waals surface area contributed by atoms with E-state index in [4.69, 9.17) is 10.5 Å².